The molecule has 0 radical (unpaired) electrons. The number of aromatic nitrogens is 2. The van der Waals surface area contributed by atoms with Crippen LogP contribution in [-0.2, 0) is 21.4 Å². The molecule has 0 spiro atoms. The molecule has 2 aromatic rings. The van der Waals surface area contributed by atoms with E-state index in [0.29, 0.717) is 8.95 Å². The molecule has 112 valence electrons. The lowest BCUT2D eigenvalue weighted by Gasteiger charge is -2.08. The molecule has 0 aliphatic rings. The predicted molar refractivity (Wildman–Crippen MR) is 82.5 cm³/mol. The molecule has 0 aliphatic heterocycles. The van der Waals surface area contributed by atoms with E-state index in [2.05, 4.69) is 41.7 Å². The Morgan fingerprint density at radius 1 is 1.38 bits per heavy atom. The minimum Gasteiger partial charge on any atom is -0.480 e. The number of hydrogen-bond donors (Lipinski definition) is 2. The Morgan fingerprint density at radius 2 is 2.10 bits per heavy atom. The van der Waals surface area contributed by atoms with Gasteiger partial charge in [-0.2, -0.15) is 5.10 Å². The van der Waals surface area contributed by atoms with Crippen LogP contribution < -0.4 is 4.72 Å². The highest BCUT2D eigenvalue weighted by molar-refractivity contribution is 9.11. The largest absolute Gasteiger partial charge is 0.480 e. The molecular weight excluding hydrogens is 430 g/mol. The SMILES string of the molecule is O=C(O)Cn1cc(NS(=O)(=O)c2cc(Br)ccc2Br)cn1. The lowest BCUT2D eigenvalue weighted by atomic mass is 10.4. The third-order valence-corrected chi connectivity index (χ3v) is 5.23. The topological polar surface area (TPSA) is 101 Å². The summed E-state index contributed by atoms with van der Waals surface area (Å²) >= 11 is 6.39. The van der Waals surface area contributed by atoms with E-state index in [1.165, 1.54) is 18.5 Å². The van der Waals surface area contributed by atoms with Gasteiger partial charge in [0, 0.05) is 15.1 Å². The number of sulfonamides is 1. The van der Waals surface area contributed by atoms with Crippen LogP contribution in [0.2, 0.25) is 0 Å². The average Bonchev–Trinajstić information content (AvgIpc) is 2.77. The number of rotatable bonds is 5. The summed E-state index contributed by atoms with van der Waals surface area (Å²) < 4.78 is 29.1. The van der Waals surface area contributed by atoms with Crippen molar-refractivity contribution in [3.63, 3.8) is 0 Å². The second-order valence-corrected chi connectivity index (χ2v) is 7.42. The zero-order valence-corrected chi connectivity index (χ0v) is 14.3. The fourth-order valence-electron chi connectivity index (χ4n) is 1.53. The van der Waals surface area contributed by atoms with Crippen LogP contribution in [0.5, 0.6) is 0 Å². The van der Waals surface area contributed by atoms with E-state index in [4.69, 9.17) is 5.11 Å². The Morgan fingerprint density at radius 3 is 2.76 bits per heavy atom. The van der Waals surface area contributed by atoms with Crippen LogP contribution in [-0.4, -0.2) is 29.3 Å². The molecule has 1 heterocycles. The Hall–Kier alpha value is -1.39. The van der Waals surface area contributed by atoms with Crippen molar-refractivity contribution in [2.45, 2.75) is 11.4 Å². The number of benzene rings is 1. The minimum absolute atomic E-state index is 0.0582. The summed E-state index contributed by atoms with van der Waals surface area (Å²) in [4.78, 5) is 10.6. The van der Waals surface area contributed by atoms with Gasteiger partial charge in [0.2, 0.25) is 0 Å². The molecular formula is C11H9Br2N3O4S. The summed E-state index contributed by atoms with van der Waals surface area (Å²) in [6.45, 7) is -0.345. The molecule has 7 nitrogen and oxygen atoms in total. The quantitative estimate of drug-likeness (QED) is 0.745. The number of aliphatic carboxylic acids is 1. The molecule has 0 bridgehead atoms. The molecule has 0 amide bonds. The van der Waals surface area contributed by atoms with Crippen LogP contribution in [0.3, 0.4) is 0 Å². The van der Waals surface area contributed by atoms with E-state index in [1.807, 2.05) is 0 Å². The molecule has 0 saturated heterocycles. The van der Waals surface area contributed by atoms with Crippen LogP contribution in [0.1, 0.15) is 0 Å². The van der Waals surface area contributed by atoms with Crippen molar-refractivity contribution in [2.75, 3.05) is 4.72 Å². The van der Waals surface area contributed by atoms with Crippen molar-refractivity contribution >= 4 is 53.5 Å². The molecule has 0 aliphatic carbocycles. The number of anilines is 1. The Kier molecular flexibility index (Phi) is 4.69. The first-order chi connectivity index (χ1) is 9.78. The fraction of sp³-hybridized carbons (Fsp3) is 0.0909. The van der Waals surface area contributed by atoms with Crippen LogP contribution in [0.4, 0.5) is 5.69 Å². The van der Waals surface area contributed by atoms with Crippen molar-refractivity contribution in [3.05, 3.63) is 39.5 Å². The Labute approximate surface area is 137 Å². The van der Waals surface area contributed by atoms with Crippen LogP contribution in [0.15, 0.2) is 44.4 Å². The number of hydrogen-bond acceptors (Lipinski definition) is 4. The summed E-state index contributed by atoms with van der Waals surface area (Å²) in [5.74, 6) is -1.07. The molecule has 0 atom stereocenters. The van der Waals surface area contributed by atoms with Gasteiger partial charge < -0.3 is 5.11 Å². The standard InChI is InChI=1S/C11H9Br2N3O4S/c12-7-1-2-9(13)10(3-7)21(19,20)15-8-4-14-16(5-8)6-11(17)18/h1-5,15H,6H2,(H,17,18). The first-order valence-corrected chi connectivity index (χ1v) is 8.57. The third kappa shape index (κ3) is 4.05. The van der Waals surface area contributed by atoms with E-state index in [9.17, 15) is 13.2 Å². The monoisotopic (exact) mass is 437 g/mol. The Balaban J connectivity index is 2.27. The first kappa shape index (κ1) is 16.0. The van der Waals surface area contributed by atoms with Gasteiger partial charge in [0.25, 0.3) is 10.0 Å². The number of carboxylic acids is 1. The lowest BCUT2D eigenvalue weighted by Crippen LogP contribution is -2.13. The highest BCUT2D eigenvalue weighted by Gasteiger charge is 2.19. The highest BCUT2D eigenvalue weighted by atomic mass is 79.9. The number of halogens is 2. The van der Waals surface area contributed by atoms with Crippen molar-refractivity contribution in [1.29, 1.82) is 0 Å². The molecule has 0 fully saturated rings. The molecule has 21 heavy (non-hydrogen) atoms. The van der Waals surface area contributed by atoms with E-state index in [1.54, 1.807) is 12.1 Å². The minimum atomic E-state index is -3.81. The van der Waals surface area contributed by atoms with Gasteiger partial charge >= 0.3 is 5.97 Å². The van der Waals surface area contributed by atoms with Crippen molar-refractivity contribution in [3.8, 4) is 0 Å². The van der Waals surface area contributed by atoms with Gasteiger partial charge in [0.1, 0.15) is 11.4 Å². The van der Waals surface area contributed by atoms with Crippen molar-refractivity contribution in [1.82, 2.24) is 9.78 Å². The van der Waals surface area contributed by atoms with Gasteiger partial charge in [-0.05, 0) is 34.1 Å². The van der Waals surface area contributed by atoms with Gasteiger partial charge in [-0.15, -0.1) is 0 Å². The summed E-state index contributed by atoms with van der Waals surface area (Å²) in [6.07, 6.45) is 2.55. The van der Waals surface area contributed by atoms with Gasteiger partial charge in [0.15, 0.2) is 0 Å². The molecule has 10 heteroatoms. The van der Waals surface area contributed by atoms with E-state index in [-0.39, 0.29) is 17.1 Å². The lowest BCUT2D eigenvalue weighted by molar-refractivity contribution is -0.137. The summed E-state index contributed by atoms with van der Waals surface area (Å²) in [5, 5.41) is 12.4. The van der Waals surface area contributed by atoms with Crippen molar-refractivity contribution in [2.24, 2.45) is 0 Å². The maximum absolute atomic E-state index is 12.3. The zero-order chi connectivity index (χ0) is 15.6. The molecule has 0 saturated carbocycles. The maximum Gasteiger partial charge on any atom is 0.325 e. The third-order valence-electron chi connectivity index (χ3n) is 2.37. The second-order valence-electron chi connectivity index (χ2n) is 4.00. The maximum atomic E-state index is 12.3. The normalized spacial score (nSPS) is 11.3. The molecule has 0 unspecified atom stereocenters. The fourth-order valence-corrected chi connectivity index (χ4v) is 4.07. The van der Waals surface area contributed by atoms with Gasteiger partial charge in [-0.3, -0.25) is 14.2 Å². The highest BCUT2D eigenvalue weighted by Crippen LogP contribution is 2.27. The van der Waals surface area contributed by atoms with E-state index >= 15 is 0 Å². The van der Waals surface area contributed by atoms with Gasteiger partial charge in [0.05, 0.1) is 11.9 Å². The molecule has 2 rings (SSSR count). The van der Waals surface area contributed by atoms with Gasteiger partial charge in [-0.1, -0.05) is 15.9 Å². The average molecular weight is 439 g/mol. The number of nitrogens with zero attached hydrogens (tertiary/aromatic N) is 2. The zero-order valence-electron chi connectivity index (χ0n) is 10.3. The van der Waals surface area contributed by atoms with Crippen LogP contribution in [0.25, 0.3) is 0 Å². The summed E-state index contributed by atoms with van der Waals surface area (Å²) in [6, 6.07) is 4.76. The van der Waals surface area contributed by atoms with E-state index < -0.39 is 16.0 Å². The number of nitrogens with one attached hydrogen (secondary N) is 1. The second kappa shape index (κ2) is 6.16. The van der Waals surface area contributed by atoms with Crippen molar-refractivity contribution < 1.29 is 18.3 Å². The number of carboxylic acid groups (broad SMARTS) is 1. The molecule has 2 N–H and O–H groups in total. The summed E-state index contributed by atoms with van der Waals surface area (Å²) in [7, 11) is -3.81. The summed E-state index contributed by atoms with van der Waals surface area (Å²) in [5.41, 5.74) is 0.183. The van der Waals surface area contributed by atoms with Crippen LogP contribution in [0, 0.1) is 0 Å². The van der Waals surface area contributed by atoms with Crippen LogP contribution >= 0.6 is 31.9 Å². The smallest absolute Gasteiger partial charge is 0.325 e. The number of carbonyl (C=O) groups is 1. The Bertz CT molecular complexity index is 789. The first-order valence-electron chi connectivity index (χ1n) is 5.50. The molecule has 1 aromatic heterocycles. The predicted octanol–water partition coefficient (Wildman–Crippen LogP) is 2.29. The van der Waals surface area contributed by atoms with E-state index in [0.717, 1.165) is 4.68 Å². The van der Waals surface area contributed by atoms with Gasteiger partial charge in [-0.25, -0.2) is 8.42 Å². The molecule has 1 aromatic carbocycles.